The van der Waals surface area contributed by atoms with Crippen molar-refractivity contribution in [1.29, 1.82) is 0 Å². The molecule has 6 nitrogen and oxygen atoms in total. The molecular weight excluding hydrogens is 242 g/mol. The molecule has 1 unspecified atom stereocenters. The van der Waals surface area contributed by atoms with Crippen LogP contribution in [-0.4, -0.2) is 50.6 Å². The number of piperidine rings is 1. The number of rotatable bonds is 5. The first-order valence-corrected chi connectivity index (χ1v) is 7.63. The van der Waals surface area contributed by atoms with E-state index in [9.17, 15) is 13.2 Å². The number of amides is 1. The fraction of sp³-hybridized carbons (Fsp3) is 0.900. The molecule has 0 aromatic rings. The van der Waals surface area contributed by atoms with Crippen LogP contribution in [0, 0.1) is 5.92 Å². The summed E-state index contributed by atoms with van der Waals surface area (Å²) in [6, 6.07) is 0.273. The van der Waals surface area contributed by atoms with Gasteiger partial charge in [0.05, 0.1) is 6.26 Å². The summed E-state index contributed by atoms with van der Waals surface area (Å²) in [4.78, 5) is 10.9. The number of carbonyl (C=O) groups is 1. The molecule has 1 saturated heterocycles. The van der Waals surface area contributed by atoms with Crippen molar-refractivity contribution < 1.29 is 13.2 Å². The Morgan fingerprint density at radius 2 is 2.00 bits per heavy atom. The molecule has 0 radical (unpaired) electrons. The van der Waals surface area contributed by atoms with Crippen LogP contribution in [0.4, 0.5) is 0 Å². The number of nitrogens with two attached hydrogens (primary N) is 1. The van der Waals surface area contributed by atoms with Crippen molar-refractivity contribution in [2.45, 2.75) is 25.8 Å². The van der Waals surface area contributed by atoms with Crippen LogP contribution >= 0.6 is 0 Å². The Morgan fingerprint density at radius 1 is 1.47 bits per heavy atom. The SMILES string of the molecule is CC(CNC1CCN(S(C)(=O)=O)CC1)C(N)=O. The van der Waals surface area contributed by atoms with E-state index in [2.05, 4.69) is 5.32 Å². The summed E-state index contributed by atoms with van der Waals surface area (Å²) in [7, 11) is -3.06. The third-order valence-corrected chi connectivity index (χ3v) is 4.42. The lowest BCUT2D eigenvalue weighted by Gasteiger charge is -2.31. The zero-order valence-electron chi connectivity index (χ0n) is 10.3. The van der Waals surface area contributed by atoms with Crippen LogP contribution < -0.4 is 11.1 Å². The third kappa shape index (κ3) is 4.61. The molecule has 0 aromatic carbocycles. The Labute approximate surface area is 103 Å². The molecule has 1 heterocycles. The molecule has 0 bridgehead atoms. The average Bonchev–Trinajstić information content (AvgIpc) is 2.25. The monoisotopic (exact) mass is 263 g/mol. The summed E-state index contributed by atoms with van der Waals surface area (Å²) in [5.41, 5.74) is 5.16. The highest BCUT2D eigenvalue weighted by atomic mass is 32.2. The highest BCUT2D eigenvalue weighted by molar-refractivity contribution is 7.88. The summed E-state index contributed by atoms with van der Waals surface area (Å²) >= 11 is 0. The van der Waals surface area contributed by atoms with Crippen molar-refractivity contribution in [2.24, 2.45) is 11.7 Å². The summed E-state index contributed by atoms with van der Waals surface area (Å²) in [6.07, 6.45) is 2.78. The molecular formula is C10H21N3O3S. The third-order valence-electron chi connectivity index (χ3n) is 3.12. The van der Waals surface area contributed by atoms with Crippen LogP contribution in [0.1, 0.15) is 19.8 Å². The summed E-state index contributed by atoms with van der Waals surface area (Å²) in [5, 5.41) is 3.25. The number of nitrogens with one attached hydrogen (secondary N) is 1. The van der Waals surface area contributed by atoms with Gasteiger partial charge in [0.15, 0.2) is 0 Å². The van der Waals surface area contributed by atoms with Gasteiger partial charge in [0.1, 0.15) is 0 Å². The number of nitrogens with zero attached hydrogens (tertiary/aromatic N) is 1. The molecule has 0 saturated carbocycles. The Kier molecular flexibility index (Phi) is 4.91. The Morgan fingerprint density at radius 3 is 2.41 bits per heavy atom. The second kappa shape index (κ2) is 5.79. The van der Waals surface area contributed by atoms with Crippen molar-refractivity contribution in [1.82, 2.24) is 9.62 Å². The lowest BCUT2D eigenvalue weighted by Crippen LogP contribution is -2.46. The fourth-order valence-electron chi connectivity index (χ4n) is 1.84. The highest BCUT2D eigenvalue weighted by Gasteiger charge is 2.24. The summed E-state index contributed by atoms with van der Waals surface area (Å²) < 4.78 is 24.1. The van der Waals surface area contributed by atoms with Gasteiger partial charge >= 0.3 is 0 Å². The van der Waals surface area contributed by atoms with Gasteiger partial charge in [-0.2, -0.15) is 0 Å². The van der Waals surface area contributed by atoms with Gasteiger partial charge in [-0.3, -0.25) is 4.79 Å². The van der Waals surface area contributed by atoms with Gasteiger partial charge in [-0.1, -0.05) is 6.92 Å². The maximum Gasteiger partial charge on any atom is 0.221 e. The molecule has 1 atom stereocenters. The molecule has 3 N–H and O–H groups in total. The van der Waals surface area contributed by atoms with Crippen LogP contribution in [0.5, 0.6) is 0 Å². The van der Waals surface area contributed by atoms with E-state index < -0.39 is 10.0 Å². The number of sulfonamides is 1. The van der Waals surface area contributed by atoms with E-state index >= 15 is 0 Å². The quantitative estimate of drug-likeness (QED) is 0.674. The molecule has 1 amide bonds. The predicted octanol–water partition coefficient (Wildman–Crippen LogP) is -0.879. The Balaban J connectivity index is 2.31. The zero-order valence-corrected chi connectivity index (χ0v) is 11.2. The molecule has 0 aliphatic carbocycles. The van der Waals surface area contributed by atoms with Crippen LogP contribution in [-0.2, 0) is 14.8 Å². The molecule has 7 heteroatoms. The van der Waals surface area contributed by atoms with E-state index in [-0.39, 0.29) is 17.9 Å². The minimum Gasteiger partial charge on any atom is -0.369 e. The van der Waals surface area contributed by atoms with Gasteiger partial charge in [0.25, 0.3) is 0 Å². The van der Waals surface area contributed by atoms with Crippen LogP contribution in [0.25, 0.3) is 0 Å². The van der Waals surface area contributed by atoms with Gasteiger partial charge in [-0.05, 0) is 12.8 Å². The predicted molar refractivity (Wildman–Crippen MR) is 65.8 cm³/mol. The molecule has 17 heavy (non-hydrogen) atoms. The lowest BCUT2D eigenvalue weighted by atomic mass is 10.1. The molecule has 100 valence electrons. The van der Waals surface area contributed by atoms with Gasteiger partial charge in [0, 0.05) is 31.6 Å². The topological polar surface area (TPSA) is 92.5 Å². The van der Waals surface area contributed by atoms with Crippen molar-refractivity contribution in [3.05, 3.63) is 0 Å². The van der Waals surface area contributed by atoms with Crippen molar-refractivity contribution in [3.63, 3.8) is 0 Å². The van der Waals surface area contributed by atoms with E-state index in [4.69, 9.17) is 5.73 Å². The van der Waals surface area contributed by atoms with Crippen LogP contribution in [0.15, 0.2) is 0 Å². The van der Waals surface area contributed by atoms with Crippen LogP contribution in [0.2, 0.25) is 0 Å². The van der Waals surface area contributed by atoms with Crippen molar-refractivity contribution in [3.8, 4) is 0 Å². The van der Waals surface area contributed by atoms with Gasteiger partial charge < -0.3 is 11.1 Å². The first kappa shape index (κ1) is 14.4. The number of carbonyl (C=O) groups excluding carboxylic acids is 1. The van der Waals surface area contributed by atoms with Gasteiger partial charge in [0.2, 0.25) is 15.9 Å². The van der Waals surface area contributed by atoms with E-state index in [0.29, 0.717) is 19.6 Å². The average molecular weight is 263 g/mol. The number of primary amides is 1. The van der Waals surface area contributed by atoms with E-state index in [1.54, 1.807) is 6.92 Å². The normalized spacial score (nSPS) is 21.3. The van der Waals surface area contributed by atoms with E-state index in [0.717, 1.165) is 12.8 Å². The van der Waals surface area contributed by atoms with Gasteiger partial charge in [-0.25, -0.2) is 12.7 Å². The second-order valence-electron chi connectivity index (χ2n) is 4.65. The maximum atomic E-state index is 11.3. The molecule has 1 rings (SSSR count). The number of hydrogen-bond donors (Lipinski definition) is 2. The van der Waals surface area contributed by atoms with Crippen molar-refractivity contribution >= 4 is 15.9 Å². The molecule has 1 aliphatic heterocycles. The largest absolute Gasteiger partial charge is 0.369 e. The molecule has 1 aliphatic rings. The molecule has 1 fully saturated rings. The minimum absolute atomic E-state index is 0.192. The first-order chi connectivity index (χ1) is 7.80. The Bertz CT molecular complexity index is 361. The highest BCUT2D eigenvalue weighted by Crippen LogP contribution is 2.13. The Hall–Kier alpha value is -0.660. The zero-order chi connectivity index (χ0) is 13.1. The van der Waals surface area contributed by atoms with Gasteiger partial charge in [-0.15, -0.1) is 0 Å². The smallest absolute Gasteiger partial charge is 0.221 e. The van der Waals surface area contributed by atoms with E-state index in [1.807, 2.05) is 0 Å². The minimum atomic E-state index is -3.06. The maximum absolute atomic E-state index is 11.3. The second-order valence-corrected chi connectivity index (χ2v) is 6.63. The first-order valence-electron chi connectivity index (χ1n) is 5.78. The fourth-order valence-corrected chi connectivity index (χ4v) is 2.71. The standard InChI is InChI=1S/C10H21N3O3S/c1-8(10(11)14)7-12-9-3-5-13(6-4-9)17(2,15)16/h8-9,12H,3-7H2,1-2H3,(H2,11,14). The lowest BCUT2D eigenvalue weighted by molar-refractivity contribution is -0.121. The molecule has 0 aromatic heterocycles. The summed E-state index contributed by atoms with van der Waals surface area (Å²) in [6.45, 7) is 3.42. The van der Waals surface area contributed by atoms with E-state index in [1.165, 1.54) is 10.6 Å². The molecule has 0 spiro atoms. The van der Waals surface area contributed by atoms with Crippen molar-refractivity contribution in [2.75, 3.05) is 25.9 Å². The summed E-state index contributed by atoms with van der Waals surface area (Å²) in [5.74, 6) is -0.506. The number of hydrogen-bond acceptors (Lipinski definition) is 4. The van der Waals surface area contributed by atoms with Crippen LogP contribution in [0.3, 0.4) is 0 Å².